The molecule has 4 N–H and O–H groups in total. The van der Waals surface area contributed by atoms with Crippen LogP contribution < -0.4 is 30.7 Å². The van der Waals surface area contributed by atoms with Gasteiger partial charge in [-0.25, -0.2) is 0 Å². The summed E-state index contributed by atoms with van der Waals surface area (Å²) in [5.41, 5.74) is 3.72. The number of amides is 4. The summed E-state index contributed by atoms with van der Waals surface area (Å²) in [5.74, 6) is -2.54. The molecule has 0 heterocycles. The maximum Gasteiger partial charge on any atom is 0.258 e. The number of carbonyl (C=O) groups excluding carboxylic acids is 6. The van der Waals surface area contributed by atoms with Crippen molar-refractivity contribution in [2.45, 2.75) is 58.5 Å². The highest BCUT2D eigenvalue weighted by atomic mass is 35.5. The fourth-order valence-corrected chi connectivity index (χ4v) is 7.56. The van der Waals surface area contributed by atoms with E-state index >= 15 is 0 Å². The van der Waals surface area contributed by atoms with Gasteiger partial charge in [0.15, 0.2) is 11.6 Å². The molecule has 0 aliphatic heterocycles. The van der Waals surface area contributed by atoms with Crippen LogP contribution in [0.25, 0.3) is 0 Å². The van der Waals surface area contributed by atoms with Crippen molar-refractivity contribution in [3.05, 3.63) is 129 Å². The van der Waals surface area contributed by atoms with Crippen LogP contribution >= 0.6 is 58.0 Å². The number of benzene rings is 5. The maximum absolute atomic E-state index is 13.5. The van der Waals surface area contributed by atoms with E-state index in [0.29, 0.717) is 66.3 Å². The highest BCUT2D eigenvalue weighted by Gasteiger charge is 2.26. The number of alkyl halides is 3. The number of anilines is 4. The Kier molecular flexibility index (Phi) is 20.7. The zero-order valence-electron chi connectivity index (χ0n) is 38.2. The van der Waals surface area contributed by atoms with Crippen molar-refractivity contribution >= 4 is 127 Å². The first-order chi connectivity index (χ1) is 33.6. The predicted molar refractivity (Wildman–Crippen MR) is 274 cm³/mol. The fraction of sp³-hybridized carbons (Fsp3) is 0.265. The molecule has 2 unspecified atom stereocenters. The number of carbonyl (C=O) groups is 6. The van der Waals surface area contributed by atoms with Crippen LogP contribution in [0.4, 0.5) is 34.1 Å². The molecule has 0 bridgehead atoms. The Morgan fingerprint density at radius 3 is 1.40 bits per heavy atom. The first kappa shape index (κ1) is 54.5. The summed E-state index contributed by atoms with van der Waals surface area (Å²) < 4.78 is 11.4. The van der Waals surface area contributed by atoms with Gasteiger partial charge in [-0.05, 0) is 136 Å². The molecular weight excluding hydrogens is 1010 g/mol. The molecule has 0 aliphatic rings. The summed E-state index contributed by atoms with van der Waals surface area (Å²) in [6.45, 7) is 6.67. The van der Waals surface area contributed by atoms with Crippen LogP contribution in [0.3, 0.4) is 0 Å². The van der Waals surface area contributed by atoms with Crippen LogP contribution in [0, 0.1) is 0 Å². The average molecular weight is 1050 g/mol. The van der Waals surface area contributed by atoms with Gasteiger partial charge in [0.1, 0.15) is 11.5 Å². The van der Waals surface area contributed by atoms with Gasteiger partial charge in [-0.3, -0.25) is 28.8 Å². The molecule has 0 radical (unpaired) electrons. The second-order valence-corrected chi connectivity index (χ2v) is 16.9. The summed E-state index contributed by atoms with van der Waals surface area (Å²) in [6, 6.07) is 20.2. The number of hydrogen-bond donors (Lipinski definition) is 4. The number of nitrogens with zero attached hydrogens (tertiary/aromatic N) is 4. The number of hydrogen-bond acceptors (Lipinski definition) is 12. The molecule has 366 valence electrons. The van der Waals surface area contributed by atoms with Gasteiger partial charge in [0, 0.05) is 29.0 Å². The Labute approximate surface area is 428 Å². The zero-order chi connectivity index (χ0) is 50.9. The lowest BCUT2D eigenvalue weighted by Crippen LogP contribution is -2.32. The largest absolute Gasteiger partial charge is 0.492 e. The van der Waals surface area contributed by atoms with E-state index in [1.165, 1.54) is 54.6 Å². The molecule has 5 aromatic rings. The molecule has 2 atom stereocenters. The first-order valence-corrected chi connectivity index (χ1v) is 23.9. The molecule has 5 rings (SSSR count). The van der Waals surface area contributed by atoms with E-state index in [1.54, 1.807) is 24.3 Å². The number of ketones is 2. The van der Waals surface area contributed by atoms with E-state index in [2.05, 4.69) is 41.7 Å². The molecular formula is C49H47Cl5N8O8. The van der Waals surface area contributed by atoms with Crippen molar-refractivity contribution in [1.29, 1.82) is 0 Å². The van der Waals surface area contributed by atoms with Gasteiger partial charge >= 0.3 is 0 Å². The van der Waals surface area contributed by atoms with E-state index in [1.807, 2.05) is 26.0 Å². The van der Waals surface area contributed by atoms with Crippen LogP contribution in [-0.4, -0.2) is 72.3 Å². The smallest absolute Gasteiger partial charge is 0.258 e. The van der Waals surface area contributed by atoms with Crippen LogP contribution in [0.5, 0.6) is 11.5 Å². The molecule has 0 saturated heterocycles. The number of nitrogens with one attached hydrogen (secondary N) is 4. The van der Waals surface area contributed by atoms with Crippen molar-refractivity contribution in [2.24, 2.45) is 20.5 Å². The van der Waals surface area contributed by atoms with E-state index in [4.69, 9.17) is 67.5 Å². The standard InChI is InChI=1S/C49H47Cl5N8O8/c1-5-69-42-21-29(17-19-50)7-14-40(42)57-46(65)35-24-33(9-12-37(35)53)59-61-44(27(3)63)48(67)55-32-11-16-39(31(23-32)26-52)56-49(68)45(28(4)64)62-60-34-10-13-38(54)36(25-34)47(66)58-41-15-8-30(18-20-51)22-43(41)70-6-2/h7-16,21-25,44-45H,5-6,17-20,26H2,1-4H3,(H,55,67)(H,56,68)(H,57,65)(H,58,66). The van der Waals surface area contributed by atoms with Crippen LogP contribution in [-0.2, 0) is 37.9 Å². The average Bonchev–Trinajstić information content (AvgIpc) is 3.32. The third-order valence-electron chi connectivity index (χ3n) is 9.96. The third-order valence-corrected chi connectivity index (χ3v) is 11.3. The quantitative estimate of drug-likeness (QED) is 0.0279. The molecule has 5 aromatic carbocycles. The summed E-state index contributed by atoms with van der Waals surface area (Å²) in [6.07, 6.45) is 1.22. The normalized spacial score (nSPS) is 12.0. The summed E-state index contributed by atoms with van der Waals surface area (Å²) in [5, 5.41) is 27.2. The molecule has 70 heavy (non-hydrogen) atoms. The first-order valence-electron chi connectivity index (χ1n) is 21.6. The van der Waals surface area contributed by atoms with Gasteiger partial charge in [-0.1, -0.05) is 35.3 Å². The number of ether oxygens (including phenoxy) is 2. The summed E-state index contributed by atoms with van der Waals surface area (Å²) in [7, 11) is 0. The number of halogens is 5. The van der Waals surface area contributed by atoms with E-state index < -0.39 is 47.3 Å². The Morgan fingerprint density at radius 2 is 0.986 bits per heavy atom. The lowest BCUT2D eigenvalue weighted by atomic mass is 10.1. The van der Waals surface area contributed by atoms with Crippen LogP contribution in [0.15, 0.2) is 111 Å². The topological polar surface area (TPSA) is 218 Å². The van der Waals surface area contributed by atoms with Crippen molar-refractivity contribution in [3.63, 3.8) is 0 Å². The SMILES string of the molecule is CCOc1cc(CCCl)ccc1NC(=O)c1cc(N=NC(C(C)=O)C(=O)Nc2ccc(NC(=O)C(N=Nc3ccc(Cl)c(C(=O)Nc4ccc(CCCl)cc4OCC)c3)C(C)=O)c(CCl)c2)ccc1Cl. The fourth-order valence-electron chi connectivity index (χ4n) is 6.50. The minimum absolute atomic E-state index is 0.0433. The van der Waals surface area contributed by atoms with Crippen molar-refractivity contribution in [3.8, 4) is 11.5 Å². The van der Waals surface area contributed by atoms with E-state index in [9.17, 15) is 28.8 Å². The Morgan fingerprint density at radius 1 is 0.543 bits per heavy atom. The lowest BCUT2D eigenvalue weighted by molar-refractivity contribution is -0.127. The number of Topliss-reactive ketones (excluding diaryl/α,β-unsaturated/α-hetero) is 2. The molecule has 16 nitrogen and oxygen atoms in total. The van der Waals surface area contributed by atoms with E-state index in [0.717, 1.165) is 25.0 Å². The van der Waals surface area contributed by atoms with Crippen molar-refractivity contribution < 1.29 is 38.2 Å². The van der Waals surface area contributed by atoms with Gasteiger partial charge in [-0.15, -0.1) is 34.8 Å². The molecule has 21 heteroatoms. The highest BCUT2D eigenvalue weighted by molar-refractivity contribution is 6.35. The number of azo groups is 2. The van der Waals surface area contributed by atoms with E-state index in [-0.39, 0.29) is 49.8 Å². The molecule has 0 aliphatic carbocycles. The molecule has 4 amide bonds. The Hall–Kier alpha value is -6.43. The van der Waals surface area contributed by atoms with Gasteiger partial charge in [0.05, 0.1) is 57.1 Å². The van der Waals surface area contributed by atoms with Gasteiger partial charge < -0.3 is 30.7 Å². The summed E-state index contributed by atoms with van der Waals surface area (Å²) >= 11 is 30.8. The maximum atomic E-state index is 13.5. The monoisotopic (exact) mass is 1050 g/mol. The Bertz CT molecular complexity index is 2830. The van der Waals surface area contributed by atoms with Crippen molar-refractivity contribution in [1.82, 2.24) is 0 Å². The lowest BCUT2D eigenvalue weighted by Gasteiger charge is -2.15. The highest BCUT2D eigenvalue weighted by Crippen LogP contribution is 2.32. The third kappa shape index (κ3) is 15.0. The minimum atomic E-state index is -1.62. The molecule has 0 spiro atoms. The summed E-state index contributed by atoms with van der Waals surface area (Å²) in [4.78, 5) is 79.0. The minimum Gasteiger partial charge on any atom is -0.492 e. The number of aryl methyl sites for hydroxylation is 2. The number of rotatable bonds is 23. The zero-order valence-corrected chi connectivity index (χ0v) is 42.0. The van der Waals surface area contributed by atoms with Gasteiger partial charge in [0.2, 0.25) is 12.1 Å². The second-order valence-electron chi connectivity index (χ2n) is 15.1. The molecule has 0 saturated carbocycles. The van der Waals surface area contributed by atoms with Gasteiger partial charge in [0.25, 0.3) is 23.6 Å². The predicted octanol–water partition coefficient (Wildman–Crippen LogP) is 12.0. The molecule has 0 aromatic heterocycles. The second kappa shape index (κ2) is 26.5. The van der Waals surface area contributed by atoms with Crippen LogP contribution in [0.2, 0.25) is 10.0 Å². The molecule has 0 fully saturated rings. The van der Waals surface area contributed by atoms with Gasteiger partial charge in [-0.2, -0.15) is 20.5 Å². The Balaban J connectivity index is 1.25. The van der Waals surface area contributed by atoms with Crippen molar-refractivity contribution in [2.75, 3.05) is 46.2 Å². The van der Waals surface area contributed by atoms with Crippen LogP contribution in [0.1, 0.15) is 65.1 Å².